The minimum atomic E-state index is -0.0587. The minimum absolute atomic E-state index is 0.0587. The van der Waals surface area contributed by atoms with Gasteiger partial charge in [-0.25, -0.2) is 0 Å². The molecule has 0 bridgehead atoms. The molecule has 1 atom stereocenters. The van der Waals surface area contributed by atoms with E-state index in [9.17, 15) is 4.79 Å². The quantitative estimate of drug-likeness (QED) is 0.945. The third kappa shape index (κ3) is 2.73. The Labute approximate surface area is 125 Å². The van der Waals surface area contributed by atoms with Crippen molar-refractivity contribution < 1.29 is 4.79 Å². The van der Waals surface area contributed by atoms with Gasteiger partial charge in [0, 0.05) is 13.6 Å². The second-order valence-corrected chi connectivity index (χ2v) is 6.85. The van der Waals surface area contributed by atoms with Gasteiger partial charge in [0.1, 0.15) is 0 Å². The second-order valence-electron chi connectivity index (χ2n) is 4.74. The highest BCUT2D eigenvalue weighted by molar-refractivity contribution is 8.00. The van der Waals surface area contributed by atoms with Crippen molar-refractivity contribution in [2.45, 2.75) is 29.7 Å². The summed E-state index contributed by atoms with van der Waals surface area (Å²) in [6, 6.07) is 4.03. The molecule has 2 aromatic rings. The van der Waals surface area contributed by atoms with Gasteiger partial charge in [-0.1, -0.05) is 24.2 Å². The third-order valence-corrected chi connectivity index (χ3v) is 5.48. The molecule has 1 N–H and O–H groups in total. The Kier molecular flexibility index (Phi) is 4.07. The predicted molar refractivity (Wildman–Crippen MR) is 80.8 cm³/mol. The number of thiophene rings is 1. The van der Waals surface area contributed by atoms with E-state index in [1.807, 2.05) is 29.1 Å². The van der Waals surface area contributed by atoms with Crippen LogP contribution in [0.25, 0.3) is 10.7 Å². The third-order valence-electron chi connectivity index (χ3n) is 3.31. The van der Waals surface area contributed by atoms with Crippen LogP contribution in [0.15, 0.2) is 22.7 Å². The van der Waals surface area contributed by atoms with Gasteiger partial charge in [0.15, 0.2) is 11.0 Å². The molecule has 2 aromatic heterocycles. The smallest absolute Gasteiger partial charge is 0.233 e. The molecule has 5 nitrogen and oxygen atoms in total. The fraction of sp³-hybridized carbons (Fsp3) is 0.462. The Hall–Kier alpha value is -1.34. The van der Waals surface area contributed by atoms with Crippen LogP contribution in [0.5, 0.6) is 0 Å². The molecule has 1 amide bonds. The molecule has 0 radical (unpaired) electrons. The molecule has 106 valence electrons. The second kappa shape index (κ2) is 5.97. The van der Waals surface area contributed by atoms with E-state index in [1.165, 1.54) is 11.8 Å². The first-order chi connectivity index (χ1) is 9.75. The molecule has 7 heteroatoms. The Morgan fingerprint density at radius 1 is 1.45 bits per heavy atom. The summed E-state index contributed by atoms with van der Waals surface area (Å²) in [7, 11) is 1.95. The molecule has 0 spiro atoms. The average molecular weight is 308 g/mol. The number of carbonyl (C=O) groups excluding carboxylic acids is 1. The van der Waals surface area contributed by atoms with Crippen LogP contribution >= 0.6 is 23.1 Å². The molecular formula is C13H16N4OS2. The van der Waals surface area contributed by atoms with Gasteiger partial charge in [0.05, 0.1) is 10.1 Å². The van der Waals surface area contributed by atoms with Crippen molar-refractivity contribution in [3.63, 3.8) is 0 Å². The van der Waals surface area contributed by atoms with Gasteiger partial charge in [0.2, 0.25) is 5.91 Å². The number of nitrogens with one attached hydrogen (secondary N) is 1. The minimum Gasteiger partial charge on any atom is -0.355 e. The van der Waals surface area contributed by atoms with E-state index >= 15 is 0 Å². The number of amides is 1. The lowest BCUT2D eigenvalue weighted by atomic mass is 10.2. The number of nitrogens with zero attached hydrogens (tertiary/aromatic N) is 3. The van der Waals surface area contributed by atoms with Crippen LogP contribution in [0.4, 0.5) is 0 Å². The monoisotopic (exact) mass is 308 g/mol. The number of aromatic nitrogens is 3. The molecule has 0 aliphatic carbocycles. The summed E-state index contributed by atoms with van der Waals surface area (Å²) >= 11 is 3.15. The van der Waals surface area contributed by atoms with Crippen molar-refractivity contribution in [3.05, 3.63) is 17.5 Å². The van der Waals surface area contributed by atoms with E-state index in [4.69, 9.17) is 0 Å². The van der Waals surface area contributed by atoms with Crippen LogP contribution in [-0.4, -0.2) is 32.5 Å². The highest BCUT2D eigenvalue weighted by Crippen LogP contribution is 2.30. The first-order valence-corrected chi connectivity index (χ1v) is 8.39. The number of hydrogen-bond acceptors (Lipinski definition) is 5. The van der Waals surface area contributed by atoms with Crippen LogP contribution in [0.1, 0.15) is 19.3 Å². The normalized spacial score (nSPS) is 19.6. The lowest BCUT2D eigenvalue weighted by molar-refractivity contribution is -0.120. The number of thioether (sulfide) groups is 1. The van der Waals surface area contributed by atoms with E-state index in [1.54, 1.807) is 11.3 Å². The molecule has 1 aliphatic heterocycles. The maximum atomic E-state index is 12.0. The van der Waals surface area contributed by atoms with Crippen molar-refractivity contribution in [1.29, 1.82) is 0 Å². The van der Waals surface area contributed by atoms with E-state index in [0.717, 1.165) is 41.7 Å². The Morgan fingerprint density at radius 2 is 2.35 bits per heavy atom. The zero-order valence-corrected chi connectivity index (χ0v) is 12.8. The predicted octanol–water partition coefficient (Wildman–Crippen LogP) is 2.30. The van der Waals surface area contributed by atoms with Crippen molar-refractivity contribution in [2.75, 3.05) is 6.54 Å². The molecule has 3 heterocycles. The molecular weight excluding hydrogens is 292 g/mol. The number of hydrogen-bond donors (Lipinski definition) is 1. The summed E-state index contributed by atoms with van der Waals surface area (Å²) in [4.78, 5) is 13.1. The van der Waals surface area contributed by atoms with E-state index in [-0.39, 0.29) is 11.2 Å². The van der Waals surface area contributed by atoms with Gasteiger partial charge in [-0.2, -0.15) is 0 Å². The van der Waals surface area contributed by atoms with Crippen LogP contribution in [-0.2, 0) is 11.8 Å². The van der Waals surface area contributed by atoms with E-state index in [2.05, 4.69) is 15.5 Å². The Bertz CT molecular complexity index is 594. The van der Waals surface area contributed by atoms with E-state index in [0.29, 0.717) is 0 Å². The highest BCUT2D eigenvalue weighted by Gasteiger charge is 2.24. The lowest BCUT2D eigenvalue weighted by Crippen LogP contribution is -2.30. The SMILES string of the molecule is Cn1c(SC2CCCCNC2=O)nnc1-c1cccs1. The first kappa shape index (κ1) is 13.6. The summed E-state index contributed by atoms with van der Waals surface area (Å²) in [5.74, 6) is 0.977. The summed E-state index contributed by atoms with van der Waals surface area (Å²) in [5, 5.41) is 14.2. The summed E-state index contributed by atoms with van der Waals surface area (Å²) in [5.41, 5.74) is 0. The van der Waals surface area contributed by atoms with Crippen LogP contribution in [0.2, 0.25) is 0 Å². The van der Waals surface area contributed by atoms with Gasteiger partial charge < -0.3 is 9.88 Å². The Balaban J connectivity index is 1.79. The molecule has 1 saturated heterocycles. The standard InChI is InChI=1S/C13H16N4OS2/c1-17-11(9-6-4-8-19-9)15-16-13(17)20-10-5-2-3-7-14-12(10)18/h4,6,8,10H,2-3,5,7H2,1H3,(H,14,18). The fourth-order valence-corrected chi connectivity index (χ4v) is 3.99. The molecule has 1 aliphatic rings. The van der Waals surface area contributed by atoms with Gasteiger partial charge in [-0.05, 0) is 24.3 Å². The van der Waals surface area contributed by atoms with Gasteiger partial charge in [0.25, 0.3) is 0 Å². The number of rotatable bonds is 3. The zero-order valence-electron chi connectivity index (χ0n) is 11.2. The fourth-order valence-electron chi connectivity index (χ4n) is 2.19. The topological polar surface area (TPSA) is 59.8 Å². The van der Waals surface area contributed by atoms with Crippen LogP contribution < -0.4 is 5.32 Å². The summed E-state index contributed by atoms with van der Waals surface area (Å²) in [6.45, 7) is 0.787. The largest absolute Gasteiger partial charge is 0.355 e. The maximum Gasteiger partial charge on any atom is 0.233 e. The molecule has 1 fully saturated rings. The molecule has 3 rings (SSSR count). The van der Waals surface area contributed by atoms with Gasteiger partial charge >= 0.3 is 0 Å². The summed E-state index contributed by atoms with van der Waals surface area (Å²) < 4.78 is 1.97. The highest BCUT2D eigenvalue weighted by atomic mass is 32.2. The van der Waals surface area contributed by atoms with E-state index < -0.39 is 0 Å². The van der Waals surface area contributed by atoms with Crippen molar-refractivity contribution in [2.24, 2.45) is 7.05 Å². The first-order valence-electron chi connectivity index (χ1n) is 6.63. The van der Waals surface area contributed by atoms with Crippen molar-refractivity contribution in [1.82, 2.24) is 20.1 Å². The van der Waals surface area contributed by atoms with Crippen molar-refractivity contribution in [3.8, 4) is 10.7 Å². The lowest BCUT2D eigenvalue weighted by Gasteiger charge is -2.11. The van der Waals surface area contributed by atoms with Crippen LogP contribution in [0.3, 0.4) is 0 Å². The molecule has 0 saturated carbocycles. The molecule has 20 heavy (non-hydrogen) atoms. The van der Waals surface area contributed by atoms with Gasteiger partial charge in [-0.3, -0.25) is 4.79 Å². The summed E-state index contributed by atoms with van der Waals surface area (Å²) in [6.07, 6.45) is 3.03. The molecule has 1 unspecified atom stereocenters. The molecule has 0 aromatic carbocycles. The zero-order chi connectivity index (χ0) is 13.9. The average Bonchev–Trinajstić information content (AvgIpc) is 3.02. The van der Waals surface area contributed by atoms with Gasteiger partial charge in [-0.15, -0.1) is 21.5 Å². The van der Waals surface area contributed by atoms with Crippen molar-refractivity contribution >= 4 is 29.0 Å². The maximum absolute atomic E-state index is 12.0. The number of carbonyl (C=O) groups is 1. The van der Waals surface area contributed by atoms with Crippen LogP contribution in [0, 0.1) is 0 Å². The Morgan fingerprint density at radius 3 is 3.15 bits per heavy atom.